The summed E-state index contributed by atoms with van der Waals surface area (Å²) < 4.78 is 11.2. The van der Waals surface area contributed by atoms with Gasteiger partial charge in [-0.25, -0.2) is 9.78 Å². The van der Waals surface area contributed by atoms with E-state index in [2.05, 4.69) is 4.98 Å². The molecule has 0 saturated carbocycles. The summed E-state index contributed by atoms with van der Waals surface area (Å²) in [7, 11) is 0. The molecular formula is C22H15Cl2NO3. The first-order valence-corrected chi connectivity index (χ1v) is 9.35. The Labute approximate surface area is 171 Å². The van der Waals surface area contributed by atoms with Crippen molar-refractivity contribution in [3.8, 4) is 11.5 Å². The molecule has 140 valence electrons. The summed E-state index contributed by atoms with van der Waals surface area (Å²) in [5.41, 5.74) is 2.21. The number of hydrogen-bond donors (Lipinski definition) is 0. The second-order valence-electron chi connectivity index (χ2n) is 6.26. The van der Waals surface area contributed by atoms with Gasteiger partial charge in [0.2, 0.25) is 0 Å². The van der Waals surface area contributed by atoms with Gasteiger partial charge in [-0.15, -0.1) is 0 Å². The maximum atomic E-state index is 12.9. The van der Waals surface area contributed by atoms with Gasteiger partial charge in [-0.3, -0.25) is 0 Å². The van der Waals surface area contributed by atoms with E-state index in [1.54, 1.807) is 24.3 Å². The highest BCUT2D eigenvalue weighted by Crippen LogP contribution is 2.28. The molecule has 4 aromatic rings. The van der Waals surface area contributed by atoms with Crippen molar-refractivity contribution in [2.75, 3.05) is 0 Å². The minimum atomic E-state index is -0.487. The van der Waals surface area contributed by atoms with Crippen LogP contribution >= 0.6 is 23.2 Å². The number of nitrogens with zero attached hydrogens (tertiary/aromatic N) is 1. The molecule has 0 radical (unpaired) electrons. The molecule has 0 bridgehead atoms. The highest BCUT2D eigenvalue weighted by atomic mass is 35.5. The van der Waals surface area contributed by atoms with Gasteiger partial charge in [-0.2, -0.15) is 0 Å². The Bertz CT molecular complexity index is 1160. The summed E-state index contributed by atoms with van der Waals surface area (Å²) >= 11 is 12.3. The van der Waals surface area contributed by atoms with Crippen molar-refractivity contribution >= 4 is 40.1 Å². The van der Waals surface area contributed by atoms with Crippen molar-refractivity contribution in [2.24, 2.45) is 0 Å². The Kier molecular flexibility index (Phi) is 5.07. The lowest BCUT2D eigenvalue weighted by Crippen LogP contribution is -2.07. The van der Waals surface area contributed by atoms with Gasteiger partial charge >= 0.3 is 5.97 Å². The molecule has 0 aliphatic heterocycles. The van der Waals surface area contributed by atoms with Crippen molar-refractivity contribution in [1.29, 1.82) is 0 Å². The van der Waals surface area contributed by atoms with Crippen LogP contribution < -0.4 is 0 Å². The average Bonchev–Trinajstić information content (AvgIpc) is 3.13. The third kappa shape index (κ3) is 3.61. The van der Waals surface area contributed by atoms with E-state index in [1.165, 1.54) is 0 Å². The maximum absolute atomic E-state index is 12.9. The Morgan fingerprint density at radius 1 is 1.04 bits per heavy atom. The Balaban J connectivity index is 1.71. The number of pyridine rings is 1. The van der Waals surface area contributed by atoms with Crippen LogP contribution in [0.1, 0.15) is 21.7 Å². The molecule has 0 aliphatic rings. The normalized spacial score (nSPS) is 11.0. The quantitative estimate of drug-likeness (QED) is 0.361. The van der Waals surface area contributed by atoms with Gasteiger partial charge in [0.1, 0.15) is 18.1 Å². The van der Waals surface area contributed by atoms with E-state index in [1.807, 2.05) is 43.3 Å². The number of carbonyl (C=O) groups excluding carboxylic acids is 1. The minimum absolute atomic E-state index is 0.0246. The highest BCUT2D eigenvalue weighted by molar-refractivity contribution is 6.36. The third-order valence-corrected chi connectivity index (χ3v) is 5.05. The summed E-state index contributed by atoms with van der Waals surface area (Å²) in [6, 6.07) is 17.9. The molecule has 0 fully saturated rings. The molecule has 2 heterocycles. The molecule has 0 spiro atoms. The van der Waals surface area contributed by atoms with Crippen LogP contribution in [0.2, 0.25) is 10.0 Å². The van der Waals surface area contributed by atoms with Crippen LogP contribution in [0.3, 0.4) is 0 Å². The molecule has 2 aromatic heterocycles. The second kappa shape index (κ2) is 7.66. The SMILES string of the molecule is Cc1ccc(-c2cc(C(=O)OCc3c(Cl)cccc3Cl)c3ccccc3n2)o1. The van der Waals surface area contributed by atoms with Crippen molar-refractivity contribution in [3.05, 3.63) is 87.6 Å². The fourth-order valence-corrected chi connectivity index (χ4v) is 3.43. The molecule has 0 N–H and O–H groups in total. The second-order valence-corrected chi connectivity index (χ2v) is 7.07. The van der Waals surface area contributed by atoms with E-state index in [9.17, 15) is 4.79 Å². The van der Waals surface area contributed by atoms with Crippen molar-refractivity contribution in [1.82, 2.24) is 4.98 Å². The van der Waals surface area contributed by atoms with Crippen LogP contribution in [0.25, 0.3) is 22.4 Å². The van der Waals surface area contributed by atoms with Crippen molar-refractivity contribution in [3.63, 3.8) is 0 Å². The number of para-hydroxylation sites is 1. The minimum Gasteiger partial charge on any atom is -0.460 e. The molecule has 4 rings (SSSR count). The average molecular weight is 412 g/mol. The lowest BCUT2D eigenvalue weighted by atomic mass is 10.1. The number of hydrogen-bond acceptors (Lipinski definition) is 4. The summed E-state index contributed by atoms with van der Waals surface area (Å²) in [5.74, 6) is 0.869. The molecule has 4 nitrogen and oxygen atoms in total. The van der Waals surface area contributed by atoms with Crippen LogP contribution in [0, 0.1) is 6.92 Å². The lowest BCUT2D eigenvalue weighted by molar-refractivity contribution is 0.0475. The number of esters is 1. The standard InChI is InChI=1S/C22H15Cl2NO3/c1-13-9-10-21(28-13)20-11-15(14-5-2-3-8-19(14)25-20)22(26)27-12-16-17(23)6-4-7-18(16)24/h2-11H,12H2,1H3. The summed E-state index contributed by atoms with van der Waals surface area (Å²) in [6.07, 6.45) is 0. The lowest BCUT2D eigenvalue weighted by Gasteiger charge is -2.11. The Hall–Kier alpha value is -2.82. The Morgan fingerprint density at radius 2 is 1.79 bits per heavy atom. The fraction of sp³-hybridized carbons (Fsp3) is 0.0909. The molecule has 0 saturated heterocycles. The zero-order valence-corrected chi connectivity index (χ0v) is 16.4. The van der Waals surface area contributed by atoms with E-state index in [4.69, 9.17) is 32.4 Å². The van der Waals surface area contributed by atoms with E-state index in [0.717, 1.165) is 5.76 Å². The first-order valence-electron chi connectivity index (χ1n) is 8.59. The first-order chi connectivity index (χ1) is 13.5. The zero-order valence-electron chi connectivity index (χ0n) is 14.9. The van der Waals surface area contributed by atoms with E-state index < -0.39 is 5.97 Å². The van der Waals surface area contributed by atoms with Crippen LogP contribution in [0.4, 0.5) is 0 Å². The van der Waals surface area contributed by atoms with E-state index in [-0.39, 0.29) is 6.61 Å². The molecule has 0 aliphatic carbocycles. The number of benzene rings is 2. The van der Waals surface area contributed by atoms with Crippen LogP contribution in [0.15, 0.2) is 65.1 Å². The van der Waals surface area contributed by atoms with Crippen molar-refractivity contribution < 1.29 is 13.9 Å². The van der Waals surface area contributed by atoms with Crippen LogP contribution in [-0.4, -0.2) is 11.0 Å². The van der Waals surface area contributed by atoms with Gasteiger partial charge in [0.05, 0.1) is 11.1 Å². The third-order valence-electron chi connectivity index (χ3n) is 4.34. The van der Waals surface area contributed by atoms with Gasteiger partial charge in [-0.1, -0.05) is 47.5 Å². The van der Waals surface area contributed by atoms with Crippen LogP contribution in [0.5, 0.6) is 0 Å². The van der Waals surface area contributed by atoms with E-state index in [0.29, 0.717) is 43.5 Å². The molecule has 0 amide bonds. The van der Waals surface area contributed by atoms with Gasteiger partial charge in [0, 0.05) is 21.0 Å². The largest absolute Gasteiger partial charge is 0.460 e. The molecule has 0 atom stereocenters. The van der Waals surface area contributed by atoms with Gasteiger partial charge < -0.3 is 9.15 Å². The predicted octanol–water partition coefficient (Wildman–Crippen LogP) is 6.47. The summed E-state index contributed by atoms with van der Waals surface area (Å²) in [4.78, 5) is 17.5. The Morgan fingerprint density at radius 3 is 2.50 bits per heavy atom. The van der Waals surface area contributed by atoms with Gasteiger partial charge in [0.15, 0.2) is 5.76 Å². The maximum Gasteiger partial charge on any atom is 0.339 e. The molecule has 0 unspecified atom stereocenters. The van der Waals surface area contributed by atoms with E-state index >= 15 is 0 Å². The number of ether oxygens (including phenoxy) is 1. The number of fused-ring (bicyclic) bond motifs is 1. The number of aryl methyl sites for hydroxylation is 1. The van der Waals surface area contributed by atoms with Crippen LogP contribution in [-0.2, 0) is 11.3 Å². The summed E-state index contributed by atoms with van der Waals surface area (Å²) in [6.45, 7) is 1.83. The molecule has 28 heavy (non-hydrogen) atoms. The fourth-order valence-electron chi connectivity index (χ4n) is 2.93. The highest BCUT2D eigenvalue weighted by Gasteiger charge is 2.17. The topological polar surface area (TPSA) is 52.3 Å². The number of halogens is 2. The monoisotopic (exact) mass is 411 g/mol. The van der Waals surface area contributed by atoms with Crippen molar-refractivity contribution in [2.45, 2.75) is 13.5 Å². The number of carbonyl (C=O) groups is 1. The predicted molar refractivity (Wildman–Crippen MR) is 110 cm³/mol. The molecule has 6 heteroatoms. The first kappa shape index (κ1) is 18.5. The smallest absolute Gasteiger partial charge is 0.339 e. The number of aromatic nitrogens is 1. The van der Waals surface area contributed by atoms with Gasteiger partial charge in [-0.05, 0) is 43.3 Å². The number of rotatable bonds is 4. The zero-order chi connectivity index (χ0) is 19.7. The molecular weight excluding hydrogens is 397 g/mol. The molecule has 2 aromatic carbocycles. The summed E-state index contributed by atoms with van der Waals surface area (Å²) in [5, 5.41) is 1.60. The number of furan rings is 1. The van der Waals surface area contributed by atoms with Gasteiger partial charge in [0.25, 0.3) is 0 Å².